The van der Waals surface area contributed by atoms with E-state index in [1.54, 1.807) is 0 Å². The van der Waals surface area contributed by atoms with E-state index in [1.165, 1.54) is 36.4 Å². The largest absolute Gasteiger partial charge is 0.399 e. The second kappa shape index (κ2) is 7.55. The first kappa shape index (κ1) is 18.8. The topological polar surface area (TPSA) is 26.0 Å². The maximum atomic E-state index is 13.7. The molecule has 0 aromatic heterocycles. The highest BCUT2D eigenvalue weighted by atomic mass is 35.5. The van der Waals surface area contributed by atoms with E-state index in [-0.39, 0.29) is 22.2 Å². The van der Waals surface area contributed by atoms with Crippen molar-refractivity contribution in [2.24, 2.45) is 5.73 Å². The van der Waals surface area contributed by atoms with Gasteiger partial charge in [-0.15, -0.1) is 0 Å². The van der Waals surface area contributed by atoms with E-state index in [4.69, 9.17) is 28.9 Å². The van der Waals surface area contributed by atoms with Gasteiger partial charge in [-0.05, 0) is 29.3 Å². The van der Waals surface area contributed by atoms with Crippen LogP contribution in [-0.2, 0) is 6.54 Å². The maximum Gasteiger partial charge on any atom is 0.399 e. The second-order valence-electron chi connectivity index (χ2n) is 5.11. The molecule has 0 heterocycles. The van der Waals surface area contributed by atoms with Crippen LogP contribution in [0.15, 0.2) is 42.5 Å². The molecule has 0 aliphatic carbocycles. The average Bonchev–Trinajstić information content (AvgIpc) is 2.50. The number of benzene rings is 2. The maximum absolute atomic E-state index is 13.7. The summed E-state index contributed by atoms with van der Waals surface area (Å²) in [4.78, 5) is 0. The summed E-state index contributed by atoms with van der Waals surface area (Å²) in [6.45, 7) is 0.0181. The normalized spacial score (nSPS) is 13.5. The van der Waals surface area contributed by atoms with E-state index >= 15 is 0 Å². The Balaban J connectivity index is 2.36. The number of nitrogens with two attached hydrogens (primary N) is 1. The smallest absolute Gasteiger partial charge is 0.326 e. The Morgan fingerprint density at radius 3 is 2.29 bits per heavy atom. The average molecular weight is 378 g/mol. The molecule has 2 N–H and O–H groups in total. The van der Waals surface area contributed by atoms with Crippen LogP contribution in [0.2, 0.25) is 10.0 Å². The summed E-state index contributed by atoms with van der Waals surface area (Å²) < 4.78 is 53.6. The van der Waals surface area contributed by atoms with Crippen molar-refractivity contribution in [1.29, 1.82) is 0 Å². The van der Waals surface area contributed by atoms with Crippen LogP contribution >= 0.6 is 23.2 Å². The van der Waals surface area contributed by atoms with Gasteiger partial charge in [-0.3, -0.25) is 0 Å². The highest BCUT2D eigenvalue weighted by molar-refractivity contribution is 6.42. The summed E-state index contributed by atoms with van der Waals surface area (Å²) in [5, 5.41) is 0.208. The third-order valence-electron chi connectivity index (χ3n) is 3.43. The van der Waals surface area contributed by atoms with Gasteiger partial charge in [-0.2, -0.15) is 13.2 Å². The zero-order valence-electron chi connectivity index (χ0n) is 12.2. The van der Waals surface area contributed by atoms with Crippen LogP contribution in [0.25, 0.3) is 6.08 Å². The van der Waals surface area contributed by atoms with Crippen molar-refractivity contribution in [3.8, 4) is 0 Å². The van der Waals surface area contributed by atoms with Gasteiger partial charge in [0.2, 0.25) is 0 Å². The van der Waals surface area contributed by atoms with Crippen molar-refractivity contribution < 1.29 is 17.6 Å². The van der Waals surface area contributed by atoms with Gasteiger partial charge in [0.05, 0.1) is 16.0 Å². The standard InChI is InChI=1S/C17H13Cl2F4N/c18-14-6-4-11(8-15(14)19)13(17(21,22)23)5-2-10-1-3-12(9-24)16(20)7-10/h1-8,13H,9,24H2/b5-2+. The number of hydrogen-bond acceptors (Lipinski definition) is 1. The number of alkyl halides is 3. The van der Waals surface area contributed by atoms with Crippen molar-refractivity contribution in [2.45, 2.75) is 18.6 Å². The first-order valence-electron chi connectivity index (χ1n) is 6.90. The molecule has 0 amide bonds. The van der Waals surface area contributed by atoms with Gasteiger partial charge in [0.15, 0.2) is 0 Å². The van der Waals surface area contributed by atoms with Gasteiger partial charge in [0.25, 0.3) is 0 Å². The first-order chi connectivity index (χ1) is 11.2. The Labute approximate surface area is 146 Å². The van der Waals surface area contributed by atoms with Crippen LogP contribution in [0.1, 0.15) is 22.6 Å². The Bertz CT molecular complexity index is 757. The summed E-state index contributed by atoms with van der Waals surface area (Å²) >= 11 is 11.5. The number of halogens is 6. The Hall–Kier alpha value is -1.56. The van der Waals surface area contributed by atoms with Crippen LogP contribution in [0, 0.1) is 5.82 Å². The molecule has 2 aromatic rings. The molecule has 24 heavy (non-hydrogen) atoms. The van der Waals surface area contributed by atoms with E-state index in [0.717, 1.165) is 12.1 Å². The van der Waals surface area contributed by atoms with Crippen LogP contribution in [0.3, 0.4) is 0 Å². The van der Waals surface area contributed by atoms with Gasteiger partial charge < -0.3 is 5.73 Å². The molecule has 0 aliphatic heterocycles. The van der Waals surface area contributed by atoms with E-state index in [9.17, 15) is 17.6 Å². The fraction of sp³-hybridized carbons (Fsp3) is 0.176. The third-order valence-corrected chi connectivity index (χ3v) is 4.17. The second-order valence-corrected chi connectivity index (χ2v) is 5.92. The number of rotatable bonds is 4. The van der Waals surface area contributed by atoms with E-state index in [0.29, 0.717) is 11.1 Å². The summed E-state index contributed by atoms with van der Waals surface area (Å²) in [6, 6.07) is 7.82. The monoisotopic (exact) mass is 377 g/mol. The molecule has 1 nitrogen and oxygen atoms in total. The molecule has 0 bridgehead atoms. The Kier molecular flexibility index (Phi) is 5.91. The van der Waals surface area contributed by atoms with Crippen LogP contribution in [-0.4, -0.2) is 6.18 Å². The Morgan fingerprint density at radius 2 is 1.75 bits per heavy atom. The summed E-state index contributed by atoms with van der Waals surface area (Å²) in [5.41, 5.74) is 5.90. The third kappa shape index (κ3) is 4.50. The zero-order valence-corrected chi connectivity index (χ0v) is 13.8. The molecule has 0 radical (unpaired) electrons. The zero-order chi connectivity index (χ0) is 17.9. The van der Waals surface area contributed by atoms with Crippen LogP contribution in [0.5, 0.6) is 0 Å². The quantitative estimate of drug-likeness (QED) is 0.654. The van der Waals surface area contributed by atoms with Crippen molar-refractivity contribution >= 4 is 29.3 Å². The first-order valence-corrected chi connectivity index (χ1v) is 7.66. The lowest BCUT2D eigenvalue weighted by Crippen LogP contribution is -2.18. The predicted octanol–water partition coefficient (Wildman–Crippen LogP) is 5.95. The molecule has 2 aromatic carbocycles. The van der Waals surface area contributed by atoms with E-state index in [1.807, 2.05) is 0 Å². The van der Waals surface area contributed by atoms with Crippen molar-refractivity contribution in [2.75, 3.05) is 0 Å². The fourth-order valence-corrected chi connectivity index (χ4v) is 2.46. The summed E-state index contributed by atoms with van der Waals surface area (Å²) in [5.74, 6) is -2.44. The molecule has 1 unspecified atom stereocenters. The van der Waals surface area contributed by atoms with Crippen LogP contribution < -0.4 is 5.73 Å². The predicted molar refractivity (Wildman–Crippen MR) is 88.6 cm³/mol. The molecule has 1 atom stereocenters. The molecule has 0 fully saturated rings. The molecule has 7 heteroatoms. The van der Waals surface area contributed by atoms with Gasteiger partial charge in [-0.25, -0.2) is 4.39 Å². The SMILES string of the molecule is NCc1ccc(/C=C/C(c2ccc(Cl)c(Cl)c2)C(F)(F)F)cc1F. The van der Waals surface area contributed by atoms with Crippen molar-refractivity contribution in [3.63, 3.8) is 0 Å². The summed E-state index contributed by atoms with van der Waals surface area (Å²) in [6.07, 6.45) is -2.36. The van der Waals surface area contributed by atoms with Crippen molar-refractivity contribution in [1.82, 2.24) is 0 Å². The lowest BCUT2D eigenvalue weighted by atomic mass is 9.97. The minimum atomic E-state index is -4.52. The van der Waals surface area contributed by atoms with E-state index in [2.05, 4.69) is 0 Å². The molecule has 0 aliphatic rings. The van der Waals surface area contributed by atoms with Crippen LogP contribution in [0.4, 0.5) is 17.6 Å². The van der Waals surface area contributed by atoms with Gasteiger partial charge in [0, 0.05) is 12.1 Å². The molecule has 0 spiro atoms. The van der Waals surface area contributed by atoms with Crippen molar-refractivity contribution in [3.05, 3.63) is 75.0 Å². The molecule has 128 valence electrons. The molecular weight excluding hydrogens is 365 g/mol. The lowest BCUT2D eigenvalue weighted by molar-refractivity contribution is -0.139. The van der Waals surface area contributed by atoms with Gasteiger partial charge >= 0.3 is 6.18 Å². The van der Waals surface area contributed by atoms with Gasteiger partial charge in [0.1, 0.15) is 5.82 Å². The minimum absolute atomic E-state index is 0.0181. The molecular formula is C17H13Cl2F4N. The highest BCUT2D eigenvalue weighted by Gasteiger charge is 2.39. The lowest BCUT2D eigenvalue weighted by Gasteiger charge is -2.18. The Morgan fingerprint density at radius 1 is 1.04 bits per heavy atom. The van der Waals surface area contributed by atoms with Gasteiger partial charge in [-0.1, -0.05) is 53.6 Å². The molecule has 0 saturated carbocycles. The summed E-state index contributed by atoms with van der Waals surface area (Å²) in [7, 11) is 0. The number of allylic oxidation sites excluding steroid dienone is 1. The molecule has 2 rings (SSSR count). The minimum Gasteiger partial charge on any atom is -0.326 e. The highest BCUT2D eigenvalue weighted by Crippen LogP contribution is 2.38. The molecule has 0 saturated heterocycles. The number of hydrogen-bond donors (Lipinski definition) is 1. The van der Waals surface area contributed by atoms with E-state index < -0.39 is 17.9 Å². The fourth-order valence-electron chi connectivity index (χ4n) is 2.16.